The second kappa shape index (κ2) is 3.53. The van der Waals surface area contributed by atoms with Crippen LogP contribution in [0.3, 0.4) is 0 Å². The Kier molecular flexibility index (Phi) is 2.65. The lowest BCUT2D eigenvalue weighted by Gasteiger charge is -2.19. The van der Waals surface area contributed by atoms with Crippen molar-refractivity contribution in [3.63, 3.8) is 0 Å². The maximum absolute atomic E-state index is 10.8. The smallest absolute Gasteiger partial charge is 0.325 e. The molecule has 0 saturated carbocycles. The van der Waals surface area contributed by atoms with Crippen LogP contribution in [0.25, 0.3) is 0 Å². The van der Waals surface area contributed by atoms with Crippen molar-refractivity contribution in [2.75, 3.05) is 26.7 Å². The van der Waals surface area contributed by atoms with Crippen LogP contribution in [0.4, 0.5) is 0 Å². The quantitative estimate of drug-likeness (QED) is 0.466. The fourth-order valence-corrected chi connectivity index (χ4v) is 0.897. The van der Waals surface area contributed by atoms with E-state index in [2.05, 4.69) is 15.4 Å². The van der Waals surface area contributed by atoms with Gasteiger partial charge < -0.3 is 10.1 Å². The summed E-state index contributed by atoms with van der Waals surface area (Å²) in [5.41, 5.74) is 0. The van der Waals surface area contributed by atoms with Crippen molar-refractivity contribution in [1.29, 1.82) is 0 Å². The fraction of sp³-hybridized carbons (Fsp3) is 0.833. The van der Waals surface area contributed by atoms with Gasteiger partial charge in [0, 0.05) is 19.6 Å². The van der Waals surface area contributed by atoms with Gasteiger partial charge in [0.15, 0.2) is 0 Å². The lowest BCUT2D eigenvalue weighted by Crippen LogP contribution is -2.48. The Labute approximate surface area is 59.9 Å². The van der Waals surface area contributed by atoms with Crippen molar-refractivity contribution < 1.29 is 9.53 Å². The highest BCUT2D eigenvalue weighted by Gasteiger charge is 2.21. The van der Waals surface area contributed by atoms with Crippen LogP contribution in [0, 0.1) is 0 Å². The minimum Gasteiger partial charge on any atom is -0.468 e. The van der Waals surface area contributed by atoms with Crippen LogP contribution < -0.4 is 10.6 Å². The predicted octanol–water partition coefficient (Wildman–Crippen LogP) is -1.26. The van der Waals surface area contributed by atoms with Gasteiger partial charge in [-0.3, -0.25) is 4.79 Å². The lowest BCUT2D eigenvalue weighted by molar-refractivity contribution is -0.143. The van der Waals surface area contributed by atoms with Crippen molar-refractivity contribution in [1.82, 2.24) is 10.6 Å². The summed E-state index contributed by atoms with van der Waals surface area (Å²) in [6.07, 6.45) is 0. The summed E-state index contributed by atoms with van der Waals surface area (Å²) in [6.45, 7) is 2.19. The van der Waals surface area contributed by atoms with Gasteiger partial charge in [0.1, 0.15) is 6.04 Å². The van der Waals surface area contributed by atoms with E-state index in [1.165, 1.54) is 7.11 Å². The zero-order valence-electron chi connectivity index (χ0n) is 5.96. The Morgan fingerprint density at radius 2 is 2.60 bits per heavy atom. The summed E-state index contributed by atoms with van der Waals surface area (Å²) in [7, 11) is 1.38. The highest BCUT2D eigenvalue weighted by atomic mass is 16.5. The molecular weight excluding hydrogens is 132 g/mol. The van der Waals surface area contributed by atoms with Gasteiger partial charge in [0.25, 0.3) is 0 Å². The van der Waals surface area contributed by atoms with Crippen LogP contribution in [0.15, 0.2) is 0 Å². The number of hydrogen-bond donors (Lipinski definition) is 1. The maximum Gasteiger partial charge on any atom is 0.325 e. The van der Waals surface area contributed by atoms with Crippen molar-refractivity contribution in [3.05, 3.63) is 0 Å². The molecule has 0 bridgehead atoms. The summed E-state index contributed by atoms with van der Waals surface area (Å²) in [5.74, 6) is -0.243. The molecule has 1 saturated heterocycles. The highest BCUT2D eigenvalue weighted by Crippen LogP contribution is 1.91. The van der Waals surface area contributed by atoms with Crippen LogP contribution >= 0.6 is 0 Å². The highest BCUT2D eigenvalue weighted by molar-refractivity contribution is 5.75. The second-order valence-electron chi connectivity index (χ2n) is 2.15. The fourth-order valence-electron chi connectivity index (χ4n) is 0.897. The van der Waals surface area contributed by atoms with Crippen LogP contribution in [0.1, 0.15) is 0 Å². The molecule has 1 aliphatic heterocycles. The van der Waals surface area contributed by atoms with E-state index in [-0.39, 0.29) is 12.0 Å². The third kappa shape index (κ3) is 1.68. The number of esters is 1. The van der Waals surface area contributed by atoms with Crippen LogP contribution in [0.5, 0.6) is 0 Å². The third-order valence-electron chi connectivity index (χ3n) is 1.45. The number of hydrogen-bond acceptors (Lipinski definition) is 3. The molecule has 1 heterocycles. The summed E-state index contributed by atoms with van der Waals surface area (Å²) < 4.78 is 4.52. The van der Waals surface area contributed by atoms with Crippen LogP contribution in [-0.4, -0.2) is 38.8 Å². The van der Waals surface area contributed by atoms with E-state index in [1.807, 2.05) is 0 Å². The minimum absolute atomic E-state index is 0.243. The Bertz CT molecular complexity index is 121. The first-order valence-corrected chi connectivity index (χ1v) is 3.29. The van der Waals surface area contributed by atoms with Gasteiger partial charge in [-0.25, -0.2) is 5.32 Å². The van der Waals surface area contributed by atoms with Gasteiger partial charge >= 0.3 is 5.97 Å². The molecule has 0 aromatic rings. The monoisotopic (exact) mass is 143 g/mol. The molecule has 1 aliphatic rings. The Morgan fingerprint density at radius 1 is 1.80 bits per heavy atom. The molecule has 0 aromatic heterocycles. The summed E-state index contributed by atoms with van der Waals surface area (Å²) in [4.78, 5) is 10.8. The lowest BCUT2D eigenvalue weighted by atomic mass is 10.2. The van der Waals surface area contributed by atoms with E-state index in [0.29, 0.717) is 13.1 Å². The molecule has 57 valence electrons. The molecule has 4 heteroatoms. The molecular formula is C6H11N2O2. The zero-order chi connectivity index (χ0) is 7.40. The van der Waals surface area contributed by atoms with Crippen molar-refractivity contribution in [2.45, 2.75) is 6.04 Å². The Morgan fingerprint density at radius 3 is 3.10 bits per heavy atom. The molecule has 0 spiro atoms. The van der Waals surface area contributed by atoms with E-state index >= 15 is 0 Å². The number of rotatable bonds is 1. The summed E-state index contributed by atoms with van der Waals surface area (Å²) >= 11 is 0. The van der Waals surface area contributed by atoms with Crippen LogP contribution in [0.2, 0.25) is 0 Å². The number of carbonyl (C=O) groups excluding carboxylic acids is 1. The zero-order valence-corrected chi connectivity index (χ0v) is 5.96. The van der Waals surface area contributed by atoms with Crippen molar-refractivity contribution >= 4 is 5.97 Å². The SMILES string of the molecule is COC(=O)C1CNCC[N]1. The molecule has 0 amide bonds. The number of nitrogens with zero attached hydrogens (tertiary/aromatic N) is 1. The topological polar surface area (TPSA) is 52.4 Å². The molecule has 1 N–H and O–H groups in total. The number of nitrogens with one attached hydrogen (secondary N) is 1. The summed E-state index contributed by atoms with van der Waals surface area (Å²) in [6, 6.07) is -0.279. The second-order valence-corrected chi connectivity index (χ2v) is 2.15. The van der Waals surface area contributed by atoms with Gasteiger partial charge in [0.2, 0.25) is 0 Å². The molecule has 1 radical (unpaired) electrons. The van der Waals surface area contributed by atoms with Gasteiger partial charge in [-0.05, 0) is 0 Å². The molecule has 0 aromatic carbocycles. The van der Waals surface area contributed by atoms with Gasteiger partial charge in [-0.15, -0.1) is 0 Å². The largest absolute Gasteiger partial charge is 0.468 e. The van der Waals surface area contributed by atoms with Crippen molar-refractivity contribution in [2.24, 2.45) is 0 Å². The Hall–Kier alpha value is -0.610. The third-order valence-corrected chi connectivity index (χ3v) is 1.45. The van der Waals surface area contributed by atoms with Crippen molar-refractivity contribution in [3.8, 4) is 0 Å². The average molecular weight is 143 g/mol. The van der Waals surface area contributed by atoms with Gasteiger partial charge in [-0.2, -0.15) is 0 Å². The Balaban J connectivity index is 2.31. The normalized spacial score (nSPS) is 25.9. The molecule has 1 fully saturated rings. The average Bonchev–Trinajstić information content (AvgIpc) is 2.05. The van der Waals surface area contributed by atoms with Gasteiger partial charge in [-0.1, -0.05) is 0 Å². The number of carbonyl (C=O) groups is 1. The molecule has 1 atom stereocenters. The van der Waals surface area contributed by atoms with E-state index < -0.39 is 0 Å². The molecule has 1 unspecified atom stereocenters. The number of methoxy groups -OCH3 is 1. The minimum atomic E-state index is -0.279. The first-order valence-electron chi connectivity index (χ1n) is 3.29. The predicted molar refractivity (Wildman–Crippen MR) is 35.7 cm³/mol. The molecule has 10 heavy (non-hydrogen) atoms. The van der Waals surface area contributed by atoms with Crippen LogP contribution in [-0.2, 0) is 9.53 Å². The first kappa shape index (κ1) is 7.50. The molecule has 0 aliphatic carbocycles. The standard InChI is InChI=1S/C6H11N2O2/c1-10-6(9)5-4-7-2-3-8-5/h5,7H,2-4H2,1H3. The van der Waals surface area contributed by atoms with E-state index in [1.54, 1.807) is 0 Å². The van der Waals surface area contributed by atoms with Gasteiger partial charge in [0.05, 0.1) is 7.11 Å². The van der Waals surface area contributed by atoms with E-state index in [0.717, 1.165) is 6.54 Å². The first-order chi connectivity index (χ1) is 4.84. The number of ether oxygens (including phenoxy) is 1. The van der Waals surface area contributed by atoms with E-state index in [9.17, 15) is 4.79 Å². The molecule has 1 rings (SSSR count). The number of piperazine rings is 1. The maximum atomic E-state index is 10.8. The summed E-state index contributed by atoms with van der Waals surface area (Å²) in [5, 5.41) is 7.12. The van der Waals surface area contributed by atoms with E-state index in [4.69, 9.17) is 0 Å². The molecule has 4 nitrogen and oxygen atoms in total.